The number of aryl methyl sites for hydroxylation is 2. The van der Waals surface area contributed by atoms with Crippen LogP contribution in [0.4, 0.5) is 0 Å². The van der Waals surface area contributed by atoms with Crippen molar-refractivity contribution < 1.29 is 13.9 Å². The number of fused-ring (bicyclic) bond motifs is 1. The third kappa shape index (κ3) is 2.94. The second-order valence-corrected chi connectivity index (χ2v) is 6.01. The number of furan rings is 1. The van der Waals surface area contributed by atoms with Gasteiger partial charge >= 0.3 is 0 Å². The molecule has 124 valence electrons. The summed E-state index contributed by atoms with van der Waals surface area (Å²) < 4.78 is 11.3. The molecule has 0 aliphatic rings. The number of hydrogen-bond donors (Lipinski definition) is 0. The van der Waals surface area contributed by atoms with Gasteiger partial charge in [0.15, 0.2) is 5.78 Å². The first kappa shape index (κ1) is 16.3. The molecular formula is C21H22O3. The molecule has 0 amide bonds. The summed E-state index contributed by atoms with van der Waals surface area (Å²) in [5, 5.41) is 0.891. The lowest BCUT2D eigenvalue weighted by Crippen LogP contribution is -2.05. The number of ether oxygens (including phenoxy) is 1. The van der Waals surface area contributed by atoms with Gasteiger partial charge in [-0.05, 0) is 43.2 Å². The first-order chi connectivity index (χ1) is 11.7. The molecule has 0 atom stereocenters. The molecule has 0 radical (unpaired) electrons. The third-order valence-electron chi connectivity index (χ3n) is 4.31. The number of methoxy groups -OCH3 is 1. The number of rotatable bonds is 6. The van der Waals surface area contributed by atoms with Gasteiger partial charge in [-0.25, -0.2) is 0 Å². The molecule has 3 heteroatoms. The highest BCUT2D eigenvalue weighted by atomic mass is 16.5. The Bertz CT molecular complexity index is 874. The van der Waals surface area contributed by atoms with E-state index in [0.29, 0.717) is 11.1 Å². The van der Waals surface area contributed by atoms with Gasteiger partial charge in [0.05, 0.1) is 12.7 Å². The number of unbranched alkanes of at least 4 members (excludes halogenated alkanes) is 1. The Labute approximate surface area is 142 Å². The lowest BCUT2D eigenvalue weighted by Gasteiger charge is -2.07. The lowest BCUT2D eigenvalue weighted by molar-refractivity contribution is 0.103. The molecule has 3 rings (SSSR count). The summed E-state index contributed by atoms with van der Waals surface area (Å²) in [5.41, 5.74) is 3.09. The first-order valence-corrected chi connectivity index (χ1v) is 8.35. The Kier molecular flexibility index (Phi) is 4.70. The van der Waals surface area contributed by atoms with Crippen molar-refractivity contribution in [2.75, 3.05) is 7.11 Å². The molecule has 0 fully saturated rings. The molecule has 2 aromatic carbocycles. The van der Waals surface area contributed by atoms with Gasteiger partial charge in [0.25, 0.3) is 0 Å². The highest BCUT2D eigenvalue weighted by Crippen LogP contribution is 2.30. The second kappa shape index (κ2) is 6.91. The van der Waals surface area contributed by atoms with E-state index in [1.54, 1.807) is 7.11 Å². The van der Waals surface area contributed by atoms with Crippen LogP contribution in [0, 0.1) is 6.92 Å². The number of carbonyl (C=O) groups excluding carboxylic acids is 1. The van der Waals surface area contributed by atoms with E-state index in [9.17, 15) is 4.79 Å². The molecule has 0 saturated carbocycles. The molecule has 0 aliphatic carbocycles. The maximum absolute atomic E-state index is 13.2. The number of para-hydroxylation sites is 1. The van der Waals surface area contributed by atoms with Crippen molar-refractivity contribution in [2.45, 2.75) is 33.1 Å². The Morgan fingerprint density at radius 3 is 2.67 bits per heavy atom. The van der Waals surface area contributed by atoms with Crippen LogP contribution in [0.5, 0.6) is 5.75 Å². The van der Waals surface area contributed by atoms with Crippen molar-refractivity contribution in [3.8, 4) is 5.75 Å². The number of carbonyl (C=O) groups is 1. The van der Waals surface area contributed by atoms with Crippen LogP contribution in [0.1, 0.15) is 47.0 Å². The Morgan fingerprint density at radius 1 is 1.17 bits per heavy atom. The monoisotopic (exact) mass is 322 g/mol. The predicted molar refractivity (Wildman–Crippen MR) is 96.0 cm³/mol. The van der Waals surface area contributed by atoms with Crippen molar-refractivity contribution >= 4 is 16.8 Å². The third-order valence-corrected chi connectivity index (χ3v) is 4.31. The molecule has 0 N–H and O–H groups in total. The van der Waals surface area contributed by atoms with E-state index in [1.807, 2.05) is 49.4 Å². The fraction of sp³-hybridized carbons (Fsp3) is 0.286. The van der Waals surface area contributed by atoms with Gasteiger partial charge < -0.3 is 9.15 Å². The van der Waals surface area contributed by atoms with E-state index < -0.39 is 0 Å². The van der Waals surface area contributed by atoms with Gasteiger partial charge in [-0.3, -0.25) is 4.79 Å². The number of ketones is 1. The average Bonchev–Trinajstić information content (AvgIpc) is 2.97. The van der Waals surface area contributed by atoms with E-state index in [-0.39, 0.29) is 5.78 Å². The van der Waals surface area contributed by atoms with Crippen molar-refractivity contribution in [1.82, 2.24) is 0 Å². The molecule has 0 unspecified atom stereocenters. The van der Waals surface area contributed by atoms with Crippen LogP contribution in [0.25, 0.3) is 11.0 Å². The van der Waals surface area contributed by atoms with Crippen LogP contribution >= 0.6 is 0 Å². The largest absolute Gasteiger partial charge is 0.496 e. The second-order valence-electron chi connectivity index (χ2n) is 6.01. The van der Waals surface area contributed by atoms with Crippen LogP contribution in [0.2, 0.25) is 0 Å². The molecule has 24 heavy (non-hydrogen) atoms. The molecule has 0 aliphatic heterocycles. The van der Waals surface area contributed by atoms with Gasteiger partial charge in [-0.1, -0.05) is 31.5 Å². The summed E-state index contributed by atoms with van der Waals surface area (Å²) in [7, 11) is 1.64. The molecule has 0 saturated heterocycles. The smallest absolute Gasteiger partial charge is 0.197 e. The minimum atomic E-state index is 0.0109. The maximum atomic E-state index is 13.2. The molecule has 0 spiro atoms. The average molecular weight is 322 g/mol. The Hall–Kier alpha value is -2.55. The minimum Gasteiger partial charge on any atom is -0.496 e. The predicted octanol–water partition coefficient (Wildman–Crippen LogP) is 5.32. The highest BCUT2D eigenvalue weighted by molar-refractivity contribution is 6.17. The van der Waals surface area contributed by atoms with E-state index in [1.165, 1.54) is 0 Å². The minimum absolute atomic E-state index is 0.0109. The zero-order valence-electron chi connectivity index (χ0n) is 14.4. The maximum Gasteiger partial charge on any atom is 0.197 e. The summed E-state index contributed by atoms with van der Waals surface area (Å²) in [6.45, 7) is 4.08. The standard InChI is InChI=1S/C21H22O3/c1-4-5-9-19-20(16-8-6-7-10-18(16)24-19)21(22)15-11-12-17(23-3)14(2)13-15/h6-8,10-13H,4-5,9H2,1-3H3. The van der Waals surface area contributed by atoms with E-state index in [2.05, 4.69) is 6.92 Å². The number of hydrogen-bond acceptors (Lipinski definition) is 3. The van der Waals surface area contributed by atoms with Gasteiger partial charge in [-0.2, -0.15) is 0 Å². The van der Waals surface area contributed by atoms with E-state index >= 15 is 0 Å². The summed E-state index contributed by atoms with van der Waals surface area (Å²) >= 11 is 0. The molecule has 3 nitrogen and oxygen atoms in total. The molecule has 0 bridgehead atoms. The molecule has 3 aromatic rings. The topological polar surface area (TPSA) is 39.4 Å². The zero-order valence-corrected chi connectivity index (χ0v) is 14.4. The Balaban J connectivity index is 2.09. The van der Waals surface area contributed by atoms with E-state index in [4.69, 9.17) is 9.15 Å². The zero-order chi connectivity index (χ0) is 17.1. The fourth-order valence-electron chi connectivity index (χ4n) is 3.02. The van der Waals surface area contributed by atoms with Crippen molar-refractivity contribution in [3.05, 3.63) is 64.9 Å². The lowest BCUT2D eigenvalue weighted by atomic mass is 9.97. The summed E-state index contributed by atoms with van der Waals surface area (Å²) in [6.07, 6.45) is 2.84. The van der Waals surface area contributed by atoms with Gasteiger partial charge in [-0.15, -0.1) is 0 Å². The van der Waals surface area contributed by atoms with Crippen LogP contribution < -0.4 is 4.74 Å². The van der Waals surface area contributed by atoms with Crippen LogP contribution in [-0.4, -0.2) is 12.9 Å². The summed E-state index contributed by atoms with van der Waals surface area (Å²) in [4.78, 5) is 13.2. The highest BCUT2D eigenvalue weighted by Gasteiger charge is 2.22. The normalized spacial score (nSPS) is 11.0. The van der Waals surface area contributed by atoms with Crippen molar-refractivity contribution in [3.63, 3.8) is 0 Å². The quantitative estimate of drug-likeness (QED) is 0.576. The summed E-state index contributed by atoms with van der Waals surface area (Å²) in [5.74, 6) is 1.59. The molecule has 1 heterocycles. The molecule has 1 aromatic heterocycles. The molecular weight excluding hydrogens is 300 g/mol. The van der Waals surface area contributed by atoms with Gasteiger partial charge in [0, 0.05) is 17.4 Å². The number of benzene rings is 2. The van der Waals surface area contributed by atoms with Crippen molar-refractivity contribution in [1.29, 1.82) is 0 Å². The van der Waals surface area contributed by atoms with Crippen molar-refractivity contribution in [2.24, 2.45) is 0 Å². The van der Waals surface area contributed by atoms with E-state index in [0.717, 1.165) is 47.3 Å². The SMILES string of the molecule is CCCCc1oc2ccccc2c1C(=O)c1ccc(OC)c(C)c1. The van der Waals surface area contributed by atoms with Crippen LogP contribution in [0.15, 0.2) is 46.9 Å². The Morgan fingerprint density at radius 2 is 1.96 bits per heavy atom. The summed E-state index contributed by atoms with van der Waals surface area (Å²) in [6, 6.07) is 13.3. The van der Waals surface area contributed by atoms with Gasteiger partial charge in [0.1, 0.15) is 17.1 Å². The van der Waals surface area contributed by atoms with Gasteiger partial charge in [0.2, 0.25) is 0 Å². The van der Waals surface area contributed by atoms with Crippen LogP contribution in [0.3, 0.4) is 0 Å². The van der Waals surface area contributed by atoms with Crippen LogP contribution in [-0.2, 0) is 6.42 Å². The first-order valence-electron chi connectivity index (χ1n) is 8.35. The fourth-order valence-corrected chi connectivity index (χ4v) is 3.02.